The van der Waals surface area contributed by atoms with Crippen molar-refractivity contribution in [1.82, 2.24) is 0 Å². The Morgan fingerprint density at radius 3 is 2.46 bits per heavy atom. The highest BCUT2D eigenvalue weighted by Crippen LogP contribution is 2.23. The minimum absolute atomic E-state index is 0.0573. The Balaban J connectivity index is 1.61. The molecule has 0 aliphatic carbocycles. The topological polar surface area (TPSA) is 88.7 Å². The predicted molar refractivity (Wildman–Crippen MR) is 109 cm³/mol. The van der Waals surface area contributed by atoms with Gasteiger partial charge in [0.15, 0.2) is 5.71 Å². The molecule has 0 atom stereocenters. The molecule has 7 heteroatoms. The number of carbonyl (C=O) groups excluding carboxylic acids is 1. The van der Waals surface area contributed by atoms with Crippen molar-refractivity contribution in [3.63, 3.8) is 0 Å². The highest BCUT2D eigenvalue weighted by atomic mass is 16.5. The van der Waals surface area contributed by atoms with E-state index in [-0.39, 0.29) is 12.3 Å². The number of fused-ring (bicyclic) bond motifs is 1. The molecule has 0 spiro atoms. The van der Waals surface area contributed by atoms with E-state index in [0.29, 0.717) is 22.3 Å². The molecule has 1 amide bonds. The van der Waals surface area contributed by atoms with E-state index in [2.05, 4.69) is 10.2 Å². The summed E-state index contributed by atoms with van der Waals surface area (Å²) < 4.78 is 0. The molecule has 7 nitrogen and oxygen atoms in total. The van der Waals surface area contributed by atoms with E-state index in [1.807, 2.05) is 30.3 Å². The van der Waals surface area contributed by atoms with E-state index in [9.17, 15) is 10.0 Å². The van der Waals surface area contributed by atoms with Crippen LogP contribution in [0.15, 0.2) is 76.9 Å². The Bertz CT molecular complexity index is 1110. The molecule has 0 saturated heterocycles. The number of hydrogen-bond donors (Lipinski definition) is 2. The van der Waals surface area contributed by atoms with E-state index < -0.39 is 5.91 Å². The van der Waals surface area contributed by atoms with Crippen LogP contribution in [0.25, 0.3) is 10.8 Å². The van der Waals surface area contributed by atoms with Crippen molar-refractivity contribution in [2.45, 2.75) is 13.5 Å². The van der Waals surface area contributed by atoms with E-state index in [0.717, 1.165) is 16.3 Å². The largest absolute Gasteiger partial charge is 0.392 e. The van der Waals surface area contributed by atoms with Crippen LogP contribution in [0.3, 0.4) is 0 Å². The van der Waals surface area contributed by atoms with Crippen LogP contribution in [0, 0.1) is 0 Å². The Hall–Kier alpha value is -3.55. The van der Waals surface area contributed by atoms with Crippen molar-refractivity contribution in [3.05, 3.63) is 72.3 Å². The van der Waals surface area contributed by atoms with Gasteiger partial charge in [0.05, 0.1) is 23.7 Å². The van der Waals surface area contributed by atoms with Crippen LogP contribution in [0.2, 0.25) is 0 Å². The van der Waals surface area contributed by atoms with Gasteiger partial charge in [0.2, 0.25) is 0 Å². The molecule has 0 aromatic heterocycles. The number of amides is 1. The molecule has 2 N–H and O–H groups in total. The molecular weight excluding hydrogens is 356 g/mol. The zero-order chi connectivity index (χ0) is 19.7. The van der Waals surface area contributed by atoms with Gasteiger partial charge >= 0.3 is 5.91 Å². The molecule has 0 saturated carbocycles. The minimum Gasteiger partial charge on any atom is -0.392 e. The van der Waals surface area contributed by atoms with Crippen LogP contribution in [0.5, 0.6) is 0 Å². The monoisotopic (exact) mass is 374 g/mol. The second-order valence-corrected chi connectivity index (χ2v) is 6.40. The van der Waals surface area contributed by atoms with Crippen LogP contribution < -0.4 is 10.2 Å². The van der Waals surface area contributed by atoms with Gasteiger partial charge in [-0.3, -0.25) is 10.0 Å². The van der Waals surface area contributed by atoms with Gasteiger partial charge in [0.25, 0.3) is 0 Å². The fraction of sp³-hybridized carbons (Fsp3) is 0.0952. The number of aliphatic hydroxyl groups excluding tert-OH is 1. The first-order chi connectivity index (χ1) is 13.6. The summed E-state index contributed by atoms with van der Waals surface area (Å²) in [7, 11) is 0. The zero-order valence-electron chi connectivity index (χ0n) is 15.1. The summed E-state index contributed by atoms with van der Waals surface area (Å²) in [5, 5.41) is 31.8. The lowest BCUT2D eigenvalue weighted by molar-refractivity contribution is -0.112. The number of aliphatic hydroxyl groups is 1. The molecule has 4 rings (SSSR count). The smallest absolute Gasteiger partial charge is 0.301 e. The van der Waals surface area contributed by atoms with Crippen LogP contribution in [-0.4, -0.2) is 27.6 Å². The van der Waals surface area contributed by atoms with Crippen LogP contribution in [-0.2, 0) is 11.4 Å². The highest BCUT2D eigenvalue weighted by molar-refractivity contribution is 6.71. The lowest BCUT2D eigenvalue weighted by Crippen LogP contribution is -2.29. The standard InChI is InChI=1S/C21H18N4O3/c1-14-20(21(27)24(22-14)18-9-6-15(13-26)7-10-18)23-25(28)19-11-8-16-4-2-3-5-17(16)12-19/h2-12,26,28H,13H2,1H3. The quantitative estimate of drug-likeness (QED) is 0.686. The van der Waals surface area contributed by atoms with Crippen LogP contribution in [0.4, 0.5) is 11.4 Å². The second-order valence-electron chi connectivity index (χ2n) is 6.40. The second kappa shape index (κ2) is 7.22. The summed E-state index contributed by atoms with van der Waals surface area (Å²) >= 11 is 0. The van der Waals surface area contributed by atoms with Crippen LogP contribution in [0.1, 0.15) is 12.5 Å². The Kier molecular flexibility index (Phi) is 4.60. The Labute approximate surface area is 161 Å². The summed E-state index contributed by atoms with van der Waals surface area (Å²) in [4.78, 5) is 12.7. The van der Waals surface area contributed by atoms with Crippen molar-refractivity contribution >= 4 is 39.5 Å². The number of nitrogens with zero attached hydrogens (tertiary/aromatic N) is 4. The molecule has 0 radical (unpaired) electrons. The first-order valence-electron chi connectivity index (χ1n) is 8.73. The lowest BCUT2D eigenvalue weighted by Gasteiger charge is -2.14. The van der Waals surface area contributed by atoms with Gasteiger partial charge in [0.1, 0.15) is 0 Å². The molecule has 140 valence electrons. The fourth-order valence-electron chi connectivity index (χ4n) is 2.98. The van der Waals surface area contributed by atoms with Gasteiger partial charge in [-0.1, -0.05) is 42.5 Å². The van der Waals surface area contributed by atoms with Gasteiger partial charge in [-0.05, 0) is 47.5 Å². The molecule has 0 fully saturated rings. The number of anilines is 2. The highest BCUT2D eigenvalue weighted by Gasteiger charge is 2.31. The molecule has 3 aromatic carbocycles. The molecular formula is C21H18N4O3. The van der Waals surface area contributed by atoms with Gasteiger partial charge in [-0.15, -0.1) is 10.3 Å². The number of hydrazone groups is 2. The molecule has 1 aliphatic heterocycles. The summed E-state index contributed by atoms with van der Waals surface area (Å²) in [6.45, 7) is 1.58. The average Bonchev–Trinajstić information content (AvgIpc) is 3.01. The average molecular weight is 374 g/mol. The number of benzene rings is 3. The van der Waals surface area contributed by atoms with Crippen molar-refractivity contribution in [2.75, 3.05) is 10.2 Å². The summed E-state index contributed by atoms with van der Waals surface area (Å²) in [5.41, 5.74) is 2.19. The Morgan fingerprint density at radius 2 is 1.75 bits per heavy atom. The number of rotatable bonds is 4. The van der Waals surface area contributed by atoms with E-state index in [1.54, 1.807) is 43.3 Å². The molecule has 28 heavy (non-hydrogen) atoms. The molecule has 1 aliphatic rings. The third-order valence-electron chi connectivity index (χ3n) is 4.51. The Morgan fingerprint density at radius 1 is 1.04 bits per heavy atom. The first-order valence-corrected chi connectivity index (χ1v) is 8.73. The SMILES string of the molecule is CC1=NN(c2ccc(CO)cc2)C(=O)C1=NN(O)c1ccc2ccccc2c1. The third kappa shape index (κ3) is 3.24. The van der Waals surface area contributed by atoms with Crippen molar-refractivity contribution in [1.29, 1.82) is 0 Å². The summed E-state index contributed by atoms with van der Waals surface area (Å²) in [6.07, 6.45) is 0. The molecule has 1 heterocycles. The molecule has 3 aromatic rings. The fourth-order valence-corrected chi connectivity index (χ4v) is 2.98. The first kappa shape index (κ1) is 17.8. The number of carbonyl (C=O) groups is 1. The van der Waals surface area contributed by atoms with Gasteiger partial charge in [0, 0.05) is 0 Å². The summed E-state index contributed by atoms with van der Waals surface area (Å²) in [6, 6.07) is 20.0. The maximum Gasteiger partial charge on any atom is 0.301 e. The van der Waals surface area contributed by atoms with Crippen molar-refractivity contribution in [2.24, 2.45) is 10.2 Å². The van der Waals surface area contributed by atoms with Gasteiger partial charge in [-0.25, -0.2) is 0 Å². The third-order valence-corrected chi connectivity index (χ3v) is 4.51. The number of hydrogen-bond acceptors (Lipinski definition) is 6. The minimum atomic E-state index is -0.436. The molecule has 0 unspecified atom stereocenters. The van der Waals surface area contributed by atoms with Crippen LogP contribution >= 0.6 is 0 Å². The van der Waals surface area contributed by atoms with E-state index in [4.69, 9.17) is 5.11 Å². The maximum absolute atomic E-state index is 12.7. The van der Waals surface area contributed by atoms with E-state index in [1.165, 1.54) is 5.01 Å². The van der Waals surface area contributed by atoms with Crippen molar-refractivity contribution in [3.8, 4) is 0 Å². The molecule has 0 bridgehead atoms. The normalized spacial score (nSPS) is 15.4. The van der Waals surface area contributed by atoms with Crippen molar-refractivity contribution < 1.29 is 15.1 Å². The lowest BCUT2D eigenvalue weighted by atomic mass is 10.1. The van der Waals surface area contributed by atoms with Gasteiger partial charge in [-0.2, -0.15) is 10.1 Å². The maximum atomic E-state index is 12.7. The zero-order valence-corrected chi connectivity index (χ0v) is 15.1. The van der Waals surface area contributed by atoms with Gasteiger partial charge < -0.3 is 5.11 Å². The summed E-state index contributed by atoms with van der Waals surface area (Å²) in [5.74, 6) is -0.436. The van der Waals surface area contributed by atoms with E-state index >= 15 is 0 Å². The predicted octanol–water partition coefficient (Wildman–Crippen LogP) is 3.31.